The summed E-state index contributed by atoms with van der Waals surface area (Å²) in [5.41, 5.74) is 4.69. The van der Waals surface area contributed by atoms with E-state index in [1.54, 1.807) is 0 Å². The molecule has 0 radical (unpaired) electrons. The standard InChI is InChI=1S/C7H15BFNO3S/c9-8(5-14(11,12)13)7(10)6-3-1-2-4-6/h6-7H,1-5,10H2,(H,11,12,13)/t7-/m0/s1. The van der Waals surface area contributed by atoms with Crippen LogP contribution in [0.3, 0.4) is 0 Å². The van der Waals surface area contributed by atoms with E-state index < -0.39 is 28.7 Å². The van der Waals surface area contributed by atoms with E-state index in [2.05, 4.69) is 0 Å². The van der Waals surface area contributed by atoms with Crippen LogP contribution in [-0.4, -0.2) is 31.6 Å². The first-order valence-electron chi connectivity index (χ1n) is 4.75. The summed E-state index contributed by atoms with van der Waals surface area (Å²) in [6, 6.07) is 0. The SMILES string of the molecule is N[C@H](B(F)CS(=O)(=O)O)C1CCCC1. The van der Waals surface area contributed by atoms with E-state index in [9.17, 15) is 12.7 Å². The zero-order valence-electron chi connectivity index (χ0n) is 7.89. The molecule has 14 heavy (non-hydrogen) atoms. The summed E-state index contributed by atoms with van der Waals surface area (Å²) in [5, 5.41) is 0. The third kappa shape index (κ3) is 3.55. The first-order valence-corrected chi connectivity index (χ1v) is 6.36. The molecule has 0 heterocycles. The zero-order valence-corrected chi connectivity index (χ0v) is 8.71. The molecule has 0 unspecified atom stereocenters. The van der Waals surface area contributed by atoms with Gasteiger partial charge in [0.2, 0.25) is 0 Å². The lowest BCUT2D eigenvalue weighted by molar-refractivity contribution is 0.479. The van der Waals surface area contributed by atoms with Crippen LogP contribution in [0.15, 0.2) is 0 Å². The van der Waals surface area contributed by atoms with E-state index in [0.717, 1.165) is 25.7 Å². The largest absolute Gasteiger partial charge is 0.382 e. The van der Waals surface area contributed by atoms with E-state index in [-0.39, 0.29) is 5.92 Å². The van der Waals surface area contributed by atoms with Gasteiger partial charge in [0.15, 0.2) is 0 Å². The molecule has 7 heteroatoms. The van der Waals surface area contributed by atoms with Gasteiger partial charge in [-0.05, 0) is 18.8 Å². The van der Waals surface area contributed by atoms with Crippen molar-refractivity contribution < 1.29 is 17.3 Å². The van der Waals surface area contributed by atoms with Crippen molar-refractivity contribution in [3.05, 3.63) is 0 Å². The Morgan fingerprint density at radius 2 is 2.00 bits per heavy atom. The van der Waals surface area contributed by atoms with E-state index in [1.165, 1.54) is 0 Å². The second-order valence-corrected chi connectivity index (χ2v) is 5.38. The van der Waals surface area contributed by atoms with Crippen molar-refractivity contribution in [1.82, 2.24) is 0 Å². The molecule has 0 amide bonds. The highest BCUT2D eigenvalue weighted by Crippen LogP contribution is 2.28. The van der Waals surface area contributed by atoms with Gasteiger partial charge in [-0.15, -0.1) is 0 Å². The molecule has 82 valence electrons. The van der Waals surface area contributed by atoms with Crippen LogP contribution < -0.4 is 5.73 Å². The predicted molar refractivity (Wildman–Crippen MR) is 53.2 cm³/mol. The highest BCUT2D eigenvalue weighted by molar-refractivity contribution is 7.87. The van der Waals surface area contributed by atoms with Gasteiger partial charge in [0.25, 0.3) is 10.1 Å². The summed E-state index contributed by atoms with van der Waals surface area (Å²) in [7, 11) is -4.25. The molecule has 1 saturated carbocycles. The van der Waals surface area contributed by atoms with Gasteiger partial charge in [0, 0.05) is 5.94 Å². The van der Waals surface area contributed by atoms with Crippen molar-refractivity contribution in [2.75, 3.05) is 5.65 Å². The average molecular weight is 223 g/mol. The number of rotatable bonds is 4. The summed E-state index contributed by atoms with van der Waals surface area (Å²) >= 11 is 0. The molecule has 0 saturated heterocycles. The Morgan fingerprint density at radius 1 is 1.50 bits per heavy atom. The Balaban J connectivity index is 2.47. The monoisotopic (exact) mass is 223 g/mol. The minimum atomic E-state index is -4.25. The number of nitrogens with two attached hydrogens (primary N) is 1. The van der Waals surface area contributed by atoms with Crippen LogP contribution >= 0.6 is 0 Å². The van der Waals surface area contributed by atoms with Gasteiger partial charge in [-0.3, -0.25) is 4.55 Å². The topological polar surface area (TPSA) is 80.4 Å². The fraction of sp³-hybridized carbons (Fsp3) is 1.00. The molecule has 0 spiro atoms. The lowest BCUT2D eigenvalue weighted by Gasteiger charge is -2.18. The van der Waals surface area contributed by atoms with Gasteiger partial charge in [-0.25, -0.2) is 8.42 Å². The molecule has 4 nitrogen and oxygen atoms in total. The smallest absolute Gasteiger partial charge is 0.333 e. The Labute approximate surface area is 83.9 Å². The summed E-state index contributed by atoms with van der Waals surface area (Å²) in [6.45, 7) is -1.66. The maximum Gasteiger partial charge on any atom is 0.382 e. The minimum Gasteiger partial charge on any atom is -0.333 e. The molecule has 0 aliphatic heterocycles. The van der Waals surface area contributed by atoms with Gasteiger partial charge >= 0.3 is 6.99 Å². The fourth-order valence-electron chi connectivity index (χ4n) is 1.95. The summed E-state index contributed by atoms with van der Waals surface area (Å²) in [5.74, 6) is -0.703. The van der Waals surface area contributed by atoms with Crippen LogP contribution in [-0.2, 0) is 10.1 Å². The van der Waals surface area contributed by atoms with Gasteiger partial charge in [-0.2, -0.15) is 0 Å². The second kappa shape index (κ2) is 4.59. The lowest BCUT2D eigenvalue weighted by Crippen LogP contribution is -2.45. The van der Waals surface area contributed by atoms with Crippen LogP contribution in [0.5, 0.6) is 0 Å². The number of halogens is 1. The van der Waals surface area contributed by atoms with Crippen LogP contribution in [0, 0.1) is 5.92 Å². The van der Waals surface area contributed by atoms with Gasteiger partial charge in [0.05, 0.1) is 5.65 Å². The van der Waals surface area contributed by atoms with Crippen LogP contribution in [0.25, 0.3) is 0 Å². The van der Waals surface area contributed by atoms with Gasteiger partial charge in [-0.1, -0.05) is 12.8 Å². The van der Waals surface area contributed by atoms with Crippen molar-refractivity contribution in [2.24, 2.45) is 11.7 Å². The molecule has 0 aromatic carbocycles. The Bertz CT molecular complexity index is 279. The maximum absolute atomic E-state index is 13.3. The number of hydrogen-bond donors (Lipinski definition) is 2. The van der Waals surface area contributed by atoms with E-state index in [0.29, 0.717) is 0 Å². The molecule has 0 aromatic rings. The van der Waals surface area contributed by atoms with Crippen LogP contribution in [0.1, 0.15) is 25.7 Å². The van der Waals surface area contributed by atoms with Gasteiger partial charge < -0.3 is 10.0 Å². The molecule has 1 aliphatic carbocycles. The molecule has 0 aromatic heterocycles. The molecular weight excluding hydrogens is 208 g/mol. The third-order valence-corrected chi connectivity index (χ3v) is 3.47. The predicted octanol–water partition coefficient (Wildman–Crippen LogP) is 0.431. The molecule has 1 fully saturated rings. The first-order chi connectivity index (χ1) is 6.40. The zero-order chi connectivity index (χ0) is 10.8. The maximum atomic E-state index is 13.3. The van der Waals surface area contributed by atoms with Gasteiger partial charge in [0.1, 0.15) is 0 Å². The Kier molecular flexibility index (Phi) is 3.91. The number of hydrogen-bond acceptors (Lipinski definition) is 3. The van der Waals surface area contributed by atoms with Crippen molar-refractivity contribution in [1.29, 1.82) is 0 Å². The van der Waals surface area contributed by atoms with Crippen molar-refractivity contribution in [3.63, 3.8) is 0 Å². The normalized spacial score (nSPS) is 21.1. The Morgan fingerprint density at radius 3 is 2.43 bits per heavy atom. The quantitative estimate of drug-likeness (QED) is 0.535. The van der Waals surface area contributed by atoms with E-state index in [4.69, 9.17) is 10.3 Å². The highest BCUT2D eigenvalue weighted by Gasteiger charge is 2.35. The van der Waals surface area contributed by atoms with Crippen molar-refractivity contribution >= 4 is 17.1 Å². The molecule has 3 N–H and O–H groups in total. The summed E-state index contributed by atoms with van der Waals surface area (Å²) < 4.78 is 42.6. The first kappa shape index (κ1) is 11.9. The molecule has 1 aliphatic rings. The molecule has 1 atom stereocenters. The van der Waals surface area contributed by atoms with Crippen LogP contribution in [0.4, 0.5) is 4.32 Å². The third-order valence-electron chi connectivity index (χ3n) is 2.73. The average Bonchev–Trinajstić information content (AvgIpc) is 2.51. The Hall–Kier alpha value is -0.135. The summed E-state index contributed by atoms with van der Waals surface area (Å²) in [4.78, 5) is 0. The molecule has 1 rings (SSSR count). The van der Waals surface area contributed by atoms with Crippen molar-refractivity contribution in [2.45, 2.75) is 31.6 Å². The minimum absolute atomic E-state index is 0.0618. The second-order valence-electron chi connectivity index (χ2n) is 3.89. The summed E-state index contributed by atoms with van der Waals surface area (Å²) in [6.07, 6.45) is 3.76. The lowest BCUT2D eigenvalue weighted by atomic mass is 9.61. The van der Waals surface area contributed by atoms with E-state index >= 15 is 0 Å². The van der Waals surface area contributed by atoms with E-state index in [1.807, 2.05) is 0 Å². The van der Waals surface area contributed by atoms with Crippen LogP contribution in [0.2, 0.25) is 0 Å². The highest BCUT2D eigenvalue weighted by atomic mass is 32.2. The fourth-order valence-corrected chi connectivity index (χ4v) is 2.57. The molecular formula is C7H15BFNO3S. The van der Waals surface area contributed by atoms with Crippen molar-refractivity contribution in [3.8, 4) is 0 Å². The molecule has 0 bridgehead atoms.